The molecule has 1 fully saturated rings. The van der Waals surface area contributed by atoms with Gasteiger partial charge < -0.3 is 4.74 Å². The second kappa shape index (κ2) is 5.37. The smallest absolute Gasteiger partial charge is 0.378 e. The molecule has 2 atom stereocenters. The standard InChI is InChI=1S/C14H17F3OS/c1-10-9-13(2,6-7-18-10)19-12-5-3-4-11(8-12)14(15,16)17/h3-5,8,10H,6-7,9H2,1-2H3. The van der Waals surface area contributed by atoms with Crippen LogP contribution in [-0.4, -0.2) is 17.5 Å². The van der Waals surface area contributed by atoms with Crippen LogP contribution in [0.3, 0.4) is 0 Å². The van der Waals surface area contributed by atoms with Crippen LogP contribution < -0.4 is 0 Å². The van der Waals surface area contributed by atoms with Gasteiger partial charge in [-0.25, -0.2) is 0 Å². The molecule has 0 saturated carbocycles. The molecule has 0 amide bonds. The summed E-state index contributed by atoms with van der Waals surface area (Å²) in [4.78, 5) is 0.673. The second-order valence-corrected chi connectivity index (χ2v) is 6.87. The first-order chi connectivity index (χ1) is 8.78. The van der Waals surface area contributed by atoms with Crippen molar-refractivity contribution in [2.75, 3.05) is 6.61 Å². The topological polar surface area (TPSA) is 9.23 Å². The summed E-state index contributed by atoms with van der Waals surface area (Å²) in [6.45, 7) is 4.77. The molecule has 1 aliphatic rings. The van der Waals surface area contributed by atoms with Crippen LogP contribution in [0.5, 0.6) is 0 Å². The average Bonchev–Trinajstić information content (AvgIpc) is 2.27. The Balaban J connectivity index is 2.15. The summed E-state index contributed by atoms with van der Waals surface area (Å²) in [7, 11) is 0. The molecule has 1 aromatic carbocycles. The number of ether oxygens (including phenoxy) is 1. The van der Waals surface area contributed by atoms with Crippen molar-refractivity contribution < 1.29 is 17.9 Å². The fraction of sp³-hybridized carbons (Fsp3) is 0.571. The van der Waals surface area contributed by atoms with Gasteiger partial charge in [0.05, 0.1) is 11.7 Å². The van der Waals surface area contributed by atoms with Gasteiger partial charge in [-0.1, -0.05) is 6.07 Å². The minimum atomic E-state index is -4.28. The molecule has 19 heavy (non-hydrogen) atoms. The monoisotopic (exact) mass is 290 g/mol. The van der Waals surface area contributed by atoms with E-state index in [0.717, 1.165) is 18.9 Å². The highest BCUT2D eigenvalue weighted by atomic mass is 32.2. The number of halogens is 3. The summed E-state index contributed by atoms with van der Waals surface area (Å²) < 4.78 is 43.5. The summed E-state index contributed by atoms with van der Waals surface area (Å²) in [6.07, 6.45) is -2.40. The van der Waals surface area contributed by atoms with Gasteiger partial charge in [0.1, 0.15) is 0 Å². The first kappa shape index (κ1) is 14.7. The van der Waals surface area contributed by atoms with Gasteiger partial charge in [0.15, 0.2) is 0 Å². The van der Waals surface area contributed by atoms with E-state index in [9.17, 15) is 13.2 Å². The molecule has 106 valence electrons. The third-order valence-electron chi connectivity index (χ3n) is 3.28. The zero-order chi connectivity index (χ0) is 14.1. The minimum absolute atomic E-state index is 0.0537. The maximum absolute atomic E-state index is 12.7. The van der Waals surface area contributed by atoms with Crippen LogP contribution in [0, 0.1) is 0 Å². The summed E-state index contributed by atoms with van der Waals surface area (Å²) in [5, 5.41) is 0. The molecule has 0 N–H and O–H groups in total. The van der Waals surface area contributed by atoms with E-state index < -0.39 is 11.7 Å². The molecule has 1 aliphatic heterocycles. The van der Waals surface area contributed by atoms with Gasteiger partial charge in [-0.2, -0.15) is 13.2 Å². The zero-order valence-electron chi connectivity index (χ0n) is 11.0. The lowest BCUT2D eigenvalue weighted by Crippen LogP contribution is -2.34. The lowest BCUT2D eigenvalue weighted by molar-refractivity contribution is -0.137. The Kier molecular flexibility index (Phi) is 4.16. The molecule has 0 spiro atoms. The first-order valence-corrected chi connectivity index (χ1v) is 7.08. The molecular formula is C14H17F3OS. The normalized spacial score (nSPS) is 28.4. The first-order valence-electron chi connectivity index (χ1n) is 6.26. The zero-order valence-corrected chi connectivity index (χ0v) is 11.8. The third-order valence-corrected chi connectivity index (χ3v) is 4.63. The van der Waals surface area contributed by atoms with Crippen molar-refractivity contribution in [3.05, 3.63) is 29.8 Å². The summed E-state index contributed by atoms with van der Waals surface area (Å²) in [5.41, 5.74) is -0.582. The maximum atomic E-state index is 12.7. The number of alkyl halides is 3. The second-order valence-electron chi connectivity index (χ2n) is 5.21. The Morgan fingerprint density at radius 2 is 2.11 bits per heavy atom. The number of hydrogen-bond acceptors (Lipinski definition) is 2. The van der Waals surface area contributed by atoms with Crippen LogP contribution in [0.1, 0.15) is 32.3 Å². The molecule has 1 saturated heterocycles. The average molecular weight is 290 g/mol. The van der Waals surface area contributed by atoms with Gasteiger partial charge in [-0.3, -0.25) is 0 Å². The Hall–Kier alpha value is -0.680. The minimum Gasteiger partial charge on any atom is -0.378 e. The highest BCUT2D eigenvalue weighted by molar-refractivity contribution is 8.00. The number of hydrogen-bond donors (Lipinski definition) is 0. The predicted octanol–water partition coefficient (Wildman–Crippen LogP) is 4.76. The van der Waals surface area contributed by atoms with Crippen LogP contribution >= 0.6 is 11.8 Å². The van der Waals surface area contributed by atoms with Gasteiger partial charge in [0, 0.05) is 16.2 Å². The lowest BCUT2D eigenvalue weighted by atomic mass is 9.97. The molecule has 1 nitrogen and oxygen atoms in total. The molecule has 5 heteroatoms. The molecular weight excluding hydrogens is 273 g/mol. The van der Waals surface area contributed by atoms with E-state index in [1.54, 1.807) is 6.07 Å². The quantitative estimate of drug-likeness (QED) is 0.777. The summed E-state index contributed by atoms with van der Waals surface area (Å²) in [6, 6.07) is 5.55. The molecule has 0 bridgehead atoms. The molecule has 1 aromatic rings. The molecule has 0 aliphatic carbocycles. The number of thioether (sulfide) groups is 1. The van der Waals surface area contributed by atoms with E-state index in [-0.39, 0.29) is 10.9 Å². The number of rotatable bonds is 2. The van der Waals surface area contributed by atoms with Gasteiger partial charge in [-0.05, 0) is 44.9 Å². The van der Waals surface area contributed by atoms with Gasteiger partial charge in [0.25, 0.3) is 0 Å². The van der Waals surface area contributed by atoms with Crippen molar-refractivity contribution in [1.82, 2.24) is 0 Å². The lowest BCUT2D eigenvalue weighted by Gasteiger charge is -2.36. The third kappa shape index (κ3) is 3.89. The summed E-state index contributed by atoms with van der Waals surface area (Å²) in [5.74, 6) is 0. The Bertz CT molecular complexity index is 447. The molecule has 0 radical (unpaired) electrons. The Morgan fingerprint density at radius 1 is 1.37 bits per heavy atom. The van der Waals surface area contributed by atoms with E-state index in [1.807, 2.05) is 6.92 Å². The van der Waals surface area contributed by atoms with E-state index >= 15 is 0 Å². The van der Waals surface area contributed by atoms with Crippen LogP contribution in [0.4, 0.5) is 13.2 Å². The largest absolute Gasteiger partial charge is 0.416 e. The van der Waals surface area contributed by atoms with Crippen molar-refractivity contribution in [2.24, 2.45) is 0 Å². The molecule has 1 heterocycles. The van der Waals surface area contributed by atoms with Crippen molar-refractivity contribution in [2.45, 2.75) is 48.6 Å². The van der Waals surface area contributed by atoms with Gasteiger partial charge >= 0.3 is 6.18 Å². The molecule has 2 unspecified atom stereocenters. The van der Waals surface area contributed by atoms with Crippen molar-refractivity contribution in [3.8, 4) is 0 Å². The predicted molar refractivity (Wildman–Crippen MR) is 70.4 cm³/mol. The van der Waals surface area contributed by atoms with Gasteiger partial charge in [0.2, 0.25) is 0 Å². The number of benzene rings is 1. The van der Waals surface area contributed by atoms with Crippen LogP contribution in [0.2, 0.25) is 0 Å². The molecule has 2 rings (SSSR count). The van der Waals surface area contributed by atoms with E-state index in [0.29, 0.717) is 11.5 Å². The Labute approximate surface area is 115 Å². The van der Waals surface area contributed by atoms with Crippen LogP contribution in [0.25, 0.3) is 0 Å². The van der Waals surface area contributed by atoms with Gasteiger partial charge in [-0.15, -0.1) is 11.8 Å². The van der Waals surface area contributed by atoms with Crippen molar-refractivity contribution >= 4 is 11.8 Å². The Morgan fingerprint density at radius 3 is 2.74 bits per heavy atom. The fourth-order valence-electron chi connectivity index (χ4n) is 2.36. The van der Waals surface area contributed by atoms with E-state index in [1.165, 1.54) is 23.9 Å². The SMILES string of the molecule is CC1CC(C)(Sc2cccc(C(F)(F)F)c2)CCO1. The van der Waals surface area contributed by atoms with Crippen molar-refractivity contribution in [3.63, 3.8) is 0 Å². The summed E-state index contributed by atoms with van der Waals surface area (Å²) >= 11 is 1.52. The van der Waals surface area contributed by atoms with E-state index in [4.69, 9.17) is 4.74 Å². The van der Waals surface area contributed by atoms with Crippen LogP contribution in [0.15, 0.2) is 29.2 Å². The highest BCUT2D eigenvalue weighted by Gasteiger charge is 2.34. The van der Waals surface area contributed by atoms with Crippen LogP contribution in [-0.2, 0) is 10.9 Å². The van der Waals surface area contributed by atoms with Crippen molar-refractivity contribution in [1.29, 1.82) is 0 Å². The van der Waals surface area contributed by atoms with E-state index in [2.05, 4.69) is 6.92 Å². The maximum Gasteiger partial charge on any atom is 0.416 e. The fourth-order valence-corrected chi connectivity index (χ4v) is 3.76. The highest BCUT2D eigenvalue weighted by Crippen LogP contribution is 2.43. The molecule has 0 aromatic heterocycles.